The zero-order chi connectivity index (χ0) is 22.7. The number of aliphatic hydroxyl groups is 1. The molecule has 0 aliphatic carbocycles. The molecule has 2 aliphatic heterocycles. The van der Waals surface area contributed by atoms with Crippen LogP contribution < -0.4 is 5.32 Å². The van der Waals surface area contributed by atoms with E-state index in [-0.39, 0.29) is 6.61 Å². The van der Waals surface area contributed by atoms with Gasteiger partial charge in [-0.25, -0.2) is 12.7 Å². The van der Waals surface area contributed by atoms with E-state index < -0.39 is 10.0 Å². The Morgan fingerprint density at radius 3 is 2.62 bits per heavy atom. The third kappa shape index (κ3) is 5.15. The molecule has 6 nitrogen and oxygen atoms in total. The van der Waals surface area contributed by atoms with Crippen LogP contribution in [0.25, 0.3) is 0 Å². The fraction of sp³-hybridized carbons (Fsp3) is 0.500. The Hall–Kier alpha value is -1.58. The van der Waals surface area contributed by atoms with Gasteiger partial charge in [-0.15, -0.1) is 0 Å². The highest BCUT2D eigenvalue weighted by Gasteiger charge is 2.25. The van der Waals surface area contributed by atoms with Crippen molar-refractivity contribution in [1.82, 2.24) is 9.21 Å². The second-order valence-electron chi connectivity index (χ2n) is 8.87. The summed E-state index contributed by atoms with van der Waals surface area (Å²) < 4.78 is 27.1. The number of nitrogens with zero attached hydrogens (tertiary/aromatic N) is 2. The molecule has 0 saturated carbocycles. The molecule has 0 aromatic heterocycles. The molecular formula is C24H33N3O3S2. The molecule has 2 aromatic carbocycles. The number of hydrogen-bond acceptors (Lipinski definition) is 6. The molecule has 0 atom stereocenters. The third-order valence-electron chi connectivity index (χ3n) is 6.47. The average molecular weight is 476 g/mol. The molecule has 0 radical (unpaired) electrons. The molecule has 0 unspecified atom stereocenters. The van der Waals surface area contributed by atoms with Crippen LogP contribution in [0.3, 0.4) is 0 Å². The van der Waals surface area contributed by atoms with Crippen LogP contribution in [0.5, 0.6) is 0 Å². The molecule has 1 fully saturated rings. The first-order chi connectivity index (χ1) is 15.4. The van der Waals surface area contributed by atoms with Gasteiger partial charge < -0.3 is 15.3 Å². The summed E-state index contributed by atoms with van der Waals surface area (Å²) in [6, 6.07) is 11.8. The minimum absolute atomic E-state index is 0.288. The first kappa shape index (κ1) is 23.6. The predicted octanol–water partition coefficient (Wildman–Crippen LogP) is 4.17. The highest BCUT2D eigenvalue weighted by atomic mass is 32.2. The molecule has 8 heteroatoms. The van der Waals surface area contributed by atoms with E-state index >= 15 is 0 Å². The fourth-order valence-corrected chi connectivity index (χ4v) is 6.65. The van der Waals surface area contributed by atoms with Gasteiger partial charge in [0.05, 0.1) is 16.3 Å². The van der Waals surface area contributed by atoms with Crippen molar-refractivity contribution in [3.8, 4) is 0 Å². The molecule has 1 saturated heterocycles. The Bertz CT molecular complexity index is 1050. The van der Waals surface area contributed by atoms with Gasteiger partial charge >= 0.3 is 0 Å². The number of rotatable bonds is 8. The van der Waals surface area contributed by atoms with Gasteiger partial charge in [0.1, 0.15) is 0 Å². The summed E-state index contributed by atoms with van der Waals surface area (Å²) in [4.78, 5) is 4.93. The molecule has 4 rings (SSSR count). The van der Waals surface area contributed by atoms with E-state index in [4.69, 9.17) is 5.11 Å². The van der Waals surface area contributed by atoms with E-state index in [1.807, 2.05) is 18.2 Å². The molecule has 0 spiro atoms. The predicted molar refractivity (Wildman–Crippen MR) is 130 cm³/mol. The second-order valence-corrected chi connectivity index (χ2v) is 12.1. The molecule has 32 heavy (non-hydrogen) atoms. The largest absolute Gasteiger partial charge is 0.396 e. The topological polar surface area (TPSA) is 72.9 Å². The van der Waals surface area contributed by atoms with Crippen LogP contribution in [0.15, 0.2) is 51.1 Å². The number of nitrogens with one attached hydrogen (secondary N) is 1. The number of piperidine rings is 1. The summed E-state index contributed by atoms with van der Waals surface area (Å²) in [5.74, 6) is 0.650. The highest BCUT2D eigenvalue weighted by molar-refractivity contribution is 7.99. The Morgan fingerprint density at radius 1 is 1.16 bits per heavy atom. The molecule has 2 aromatic rings. The zero-order valence-electron chi connectivity index (χ0n) is 18.9. The Balaban J connectivity index is 1.52. The number of para-hydroxylation sites is 1. The van der Waals surface area contributed by atoms with E-state index in [1.165, 1.54) is 4.31 Å². The highest BCUT2D eigenvalue weighted by Crippen LogP contribution is 2.46. The maximum Gasteiger partial charge on any atom is 0.242 e. The lowest BCUT2D eigenvalue weighted by Crippen LogP contribution is -2.34. The molecule has 2 aliphatic rings. The zero-order valence-corrected chi connectivity index (χ0v) is 20.5. The second kappa shape index (κ2) is 10.1. The Labute approximate surface area is 196 Å². The van der Waals surface area contributed by atoms with Gasteiger partial charge in [0.15, 0.2) is 0 Å². The minimum Gasteiger partial charge on any atom is -0.396 e. The van der Waals surface area contributed by atoms with E-state index in [0.29, 0.717) is 10.8 Å². The smallest absolute Gasteiger partial charge is 0.242 e. The summed E-state index contributed by atoms with van der Waals surface area (Å²) in [7, 11) is -0.348. The normalized spacial score (nSPS) is 17.1. The average Bonchev–Trinajstić information content (AvgIpc) is 2.79. The van der Waals surface area contributed by atoms with Crippen LogP contribution in [0.1, 0.15) is 31.2 Å². The van der Waals surface area contributed by atoms with Gasteiger partial charge in [-0.1, -0.05) is 23.9 Å². The van der Waals surface area contributed by atoms with Crippen LogP contribution in [-0.2, 0) is 16.4 Å². The number of benzene rings is 2. The van der Waals surface area contributed by atoms with E-state index in [1.54, 1.807) is 31.9 Å². The van der Waals surface area contributed by atoms with Gasteiger partial charge in [0.25, 0.3) is 0 Å². The number of hydrogen-bond donors (Lipinski definition) is 2. The van der Waals surface area contributed by atoms with E-state index in [0.717, 1.165) is 78.5 Å². The van der Waals surface area contributed by atoms with Crippen LogP contribution >= 0.6 is 11.8 Å². The van der Waals surface area contributed by atoms with Crippen molar-refractivity contribution in [3.05, 3.63) is 42.0 Å². The van der Waals surface area contributed by atoms with Gasteiger partial charge in [-0.05, 0) is 87.5 Å². The molecule has 174 valence electrons. The van der Waals surface area contributed by atoms with Crippen LogP contribution in [-0.4, -0.2) is 63.1 Å². The Kier molecular flexibility index (Phi) is 7.47. The first-order valence-corrected chi connectivity index (χ1v) is 13.6. The van der Waals surface area contributed by atoms with E-state index in [9.17, 15) is 8.42 Å². The minimum atomic E-state index is -3.51. The number of sulfonamides is 1. The SMILES string of the molecule is CN(C)S(=O)(=O)c1cc(CCCN2CCC(CCO)CC2)c2c(c1)Sc1ccccc1N2. The van der Waals surface area contributed by atoms with Crippen molar-refractivity contribution >= 4 is 33.2 Å². The molecule has 2 N–H and O–H groups in total. The van der Waals surface area contributed by atoms with Crippen molar-refractivity contribution in [2.45, 2.75) is 46.8 Å². The lowest BCUT2D eigenvalue weighted by Gasteiger charge is -2.32. The monoisotopic (exact) mass is 475 g/mol. The van der Waals surface area contributed by atoms with E-state index in [2.05, 4.69) is 22.3 Å². The fourth-order valence-electron chi connectivity index (χ4n) is 4.51. The molecular weight excluding hydrogens is 442 g/mol. The quantitative estimate of drug-likeness (QED) is 0.509. The van der Waals surface area contributed by atoms with Crippen molar-refractivity contribution in [1.29, 1.82) is 0 Å². The van der Waals surface area contributed by atoms with Crippen molar-refractivity contribution in [3.63, 3.8) is 0 Å². The standard InChI is InChI=1S/C24H33N3O3S2/c1-26(2)32(29,30)20-16-19(6-5-12-27-13-9-18(10-14-27)11-15-28)24-23(17-20)31-22-8-4-3-7-21(22)25-24/h3-4,7-8,16-18,25,28H,5-6,9-15H2,1-2H3. The third-order valence-corrected chi connectivity index (χ3v) is 9.38. The van der Waals surface area contributed by atoms with Crippen molar-refractivity contribution < 1.29 is 13.5 Å². The van der Waals surface area contributed by atoms with Crippen LogP contribution in [0.2, 0.25) is 0 Å². The molecule has 0 amide bonds. The summed E-state index contributed by atoms with van der Waals surface area (Å²) in [5.41, 5.74) is 3.16. The lowest BCUT2D eigenvalue weighted by molar-refractivity contribution is 0.157. The number of anilines is 2. The molecule has 0 bridgehead atoms. The Morgan fingerprint density at radius 2 is 1.91 bits per heavy atom. The van der Waals surface area contributed by atoms with Crippen molar-refractivity contribution in [2.75, 3.05) is 45.7 Å². The van der Waals surface area contributed by atoms with Gasteiger partial charge in [-0.2, -0.15) is 0 Å². The summed E-state index contributed by atoms with van der Waals surface area (Å²) >= 11 is 1.63. The maximum absolute atomic E-state index is 12.9. The summed E-state index contributed by atoms with van der Waals surface area (Å²) in [6.45, 7) is 3.46. The van der Waals surface area contributed by atoms with Crippen molar-refractivity contribution in [2.24, 2.45) is 5.92 Å². The van der Waals surface area contributed by atoms with Gasteiger partial charge in [0, 0.05) is 30.5 Å². The van der Waals surface area contributed by atoms with Gasteiger partial charge in [-0.3, -0.25) is 0 Å². The summed E-state index contributed by atoms with van der Waals surface area (Å²) in [6.07, 6.45) is 5.03. The van der Waals surface area contributed by atoms with Crippen LogP contribution in [0.4, 0.5) is 11.4 Å². The summed E-state index contributed by atoms with van der Waals surface area (Å²) in [5, 5.41) is 12.7. The number of aliphatic hydroxyl groups excluding tert-OH is 1. The first-order valence-electron chi connectivity index (χ1n) is 11.3. The number of aryl methyl sites for hydroxylation is 1. The maximum atomic E-state index is 12.9. The van der Waals surface area contributed by atoms with Gasteiger partial charge in [0.2, 0.25) is 10.0 Å². The number of fused-ring (bicyclic) bond motifs is 2. The number of likely N-dealkylation sites (tertiary alicyclic amines) is 1. The molecule has 2 heterocycles. The lowest BCUT2D eigenvalue weighted by atomic mass is 9.94. The van der Waals surface area contributed by atoms with Crippen LogP contribution in [0, 0.1) is 5.92 Å².